The van der Waals surface area contributed by atoms with Crippen molar-refractivity contribution in [3.8, 4) is 17.4 Å². The highest BCUT2D eigenvalue weighted by atomic mass is 35.5. The van der Waals surface area contributed by atoms with E-state index in [9.17, 15) is 24.3 Å². The molecule has 0 bridgehead atoms. The van der Waals surface area contributed by atoms with Crippen molar-refractivity contribution in [3.63, 3.8) is 0 Å². The molecule has 13 nitrogen and oxygen atoms in total. The van der Waals surface area contributed by atoms with E-state index in [1.54, 1.807) is 18.2 Å². The lowest BCUT2D eigenvalue weighted by Crippen LogP contribution is -2.53. The van der Waals surface area contributed by atoms with Gasteiger partial charge in [-0.1, -0.05) is 30.2 Å². The Morgan fingerprint density at radius 1 is 1.06 bits per heavy atom. The molecule has 3 amide bonds. The van der Waals surface area contributed by atoms with E-state index >= 15 is 0 Å². The number of nitrogens with zero attached hydrogens (tertiary/aromatic N) is 2. The van der Waals surface area contributed by atoms with E-state index in [0.717, 1.165) is 38.5 Å². The highest BCUT2D eigenvalue weighted by Crippen LogP contribution is 2.46. The fourth-order valence-corrected chi connectivity index (χ4v) is 7.51. The maximum Gasteiger partial charge on any atom is 0.407 e. The topological polar surface area (TPSA) is 166 Å². The number of allylic oxidation sites excluding steroid dienone is 1. The van der Waals surface area contributed by atoms with Crippen LogP contribution < -0.4 is 24.8 Å². The van der Waals surface area contributed by atoms with E-state index in [1.165, 1.54) is 19.1 Å². The molecule has 1 aromatic heterocycles. The Morgan fingerprint density at radius 2 is 1.84 bits per heavy atom. The number of ether oxygens (including phenoxy) is 4. The van der Waals surface area contributed by atoms with Crippen molar-refractivity contribution in [2.45, 2.75) is 100 Å². The Balaban J connectivity index is 1.27. The molecule has 2 aromatic rings. The van der Waals surface area contributed by atoms with E-state index in [-0.39, 0.29) is 54.6 Å². The van der Waals surface area contributed by atoms with E-state index in [1.807, 2.05) is 12.2 Å². The Hall–Kier alpha value is -4.26. The lowest BCUT2D eigenvalue weighted by molar-refractivity contribution is -0.145. The molecule has 2 saturated carbocycles. The molecule has 2 aliphatic carbocycles. The van der Waals surface area contributed by atoms with Crippen LogP contribution in [0.15, 0.2) is 30.4 Å². The second-order valence-electron chi connectivity index (χ2n) is 13.3. The van der Waals surface area contributed by atoms with E-state index in [4.69, 9.17) is 30.5 Å². The Labute approximate surface area is 289 Å². The summed E-state index contributed by atoms with van der Waals surface area (Å²) in [6.45, 7) is 0.0512. The molecule has 2 aliphatic heterocycles. The van der Waals surface area contributed by atoms with Crippen LogP contribution in [0.2, 0.25) is 5.02 Å². The first kappa shape index (κ1) is 34.6. The number of hydrogen-bond donors (Lipinski definition) is 3. The number of amides is 3. The molecule has 0 spiro atoms. The Bertz CT molecular complexity index is 1630. The van der Waals surface area contributed by atoms with Gasteiger partial charge in [0.25, 0.3) is 0 Å². The number of methoxy groups -OCH3 is 2. The third kappa shape index (κ3) is 7.51. The Kier molecular flexibility index (Phi) is 10.4. The number of carbonyl (C=O) groups is 4. The average Bonchev–Trinajstić information content (AvgIpc) is 3.36. The van der Waals surface area contributed by atoms with Crippen LogP contribution in [0.5, 0.6) is 17.4 Å². The van der Waals surface area contributed by atoms with Gasteiger partial charge in [-0.05, 0) is 63.5 Å². The summed E-state index contributed by atoms with van der Waals surface area (Å²) < 4.78 is 22.9. The fraction of sp³-hybridized carbons (Fsp3) is 0.571. The summed E-state index contributed by atoms with van der Waals surface area (Å²) in [7, 11) is 2.97. The average molecular weight is 699 g/mol. The summed E-state index contributed by atoms with van der Waals surface area (Å²) in [6, 6.07) is 3.54. The Morgan fingerprint density at radius 3 is 2.57 bits per heavy atom. The number of aliphatic carboxylic acids is 1. The van der Waals surface area contributed by atoms with Crippen molar-refractivity contribution in [1.29, 1.82) is 0 Å². The van der Waals surface area contributed by atoms with Crippen LogP contribution >= 0.6 is 11.6 Å². The SMILES string of the molecule is COc1cc(O[C@@H]2C[C@H]3C(=O)N[C@]4(C(=O)O)C[C@H]4/C=C\CCCC[C@H](NC(=O)OC4CCCC4)CC(=O)N3C2)c2ccc(OC)c(Cl)c2n1. The number of hydrogen-bond acceptors (Lipinski definition) is 9. The third-order valence-corrected chi connectivity index (χ3v) is 10.4. The van der Waals surface area contributed by atoms with Gasteiger partial charge in [0.15, 0.2) is 0 Å². The minimum Gasteiger partial charge on any atom is -0.495 e. The molecule has 49 heavy (non-hydrogen) atoms. The number of nitrogens with one attached hydrogen (secondary N) is 2. The van der Waals surface area contributed by atoms with Crippen molar-refractivity contribution in [2.75, 3.05) is 20.8 Å². The smallest absolute Gasteiger partial charge is 0.407 e. The van der Waals surface area contributed by atoms with Gasteiger partial charge in [0.2, 0.25) is 17.7 Å². The predicted molar refractivity (Wildman–Crippen MR) is 179 cm³/mol. The van der Waals surface area contributed by atoms with Crippen LogP contribution in [-0.2, 0) is 19.1 Å². The van der Waals surface area contributed by atoms with E-state index in [2.05, 4.69) is 15.6 Å². The maximum atomic E-state index is 14.1. The van der Waals surface area contributed by atoms with Crippen LogP contribution in [0.4, 0.5) is 4.79 Å². The van der Waals surface area contributed by atoms with Crippen LogP contribution in [0.1, 0.15) is 70.6 Å². The van der Waals surface area contributed by atoms with Gasteiger partial charge >= 0.3 is 12.1 Å². The number of alkyl carbamates (subject to hydrolysis) is 1. The molecule has 0 radical (unpaired) electrons. The number of fused-ring (bicyclic) bond motifs is 3. The van der Waals surface area contributed by atoms with Gasteiger partial charge in [-0.3, -0.25) is 9.59 Å². The van der Waals surface area contributed by atoms with Gasteiger partial charge in [-0.25, -0.2) is 14.6 Å². The first-order chi connectivity index (χ1) is 23.6. The molecular formula is C35H43ClN4O9. The molecule has 14 heteroatoms. The number of pyridine rings is 1. The van der Waals surface area contributed by atoms with Crippen LogP contribution in [0.3, 0.4) is 0 Å². The molecular weight excluding hydrogens is 656 g/mol. The van der Waals surface area contributed by atoms with Crippen molar-refractivity contribution in [1.82, 2.24) is 20.5 Å². The van der Waals surface area contributed by atoms with Gasteiger partial charge in [-0.2, -0.15) is 0 Å². The van der Waals surface area contributed by atoms with Crippen LogP contribution in [-0.4, -0.2) is 89.5 Å². The van der Waals surface area contributed by atoms with Gasteiger partial charge in [0.1, 0.15) is 45.8 Å². The minimum atomic E-state index is -1.43. The summed E-state index contributed by atoms with van der Waals surface area (Å²) in [5, 5.41) is 16.7. The summed E-state index contributed by atoms with van der Waals surface area (Å²) in [5.74, 6) is -1.34. The summed E-state index contributed by atoms with van der Waals surface area (Å²) in [6.07, 6.45) is 9.27. The molecule has 0 unspecified atom stereocenters. The van der Waals surface area contributed by atoms with Gasteiger partial charge in [-0.15, -0.1) is 0 Å². The molecule has 1 saturated heterocycles. The molecule has 1 aromatic carbocycles. The highest BCUT2D eigenvalue weighted by molar-refractivity contribution is 6.36. The molecule has 3 N–H and O–H groups in total. The summed E-state index contributed by atoms with van der Waals surface area (Å²) in [5.41, 5.74) is -1.04. The second kappa shape index (κ2) is 14.7. The lowest BCUT2D eigenvalue weighted by Gasteiger charge is -2.27. The number of aromatic nitrogens is 1. The third-order valence-electron chi connectivity index (χ3n) is 10.0. The molecule has 6 rings (SSSR count). The van der Waals surface area contributed by atoms with Crippen LogP contribution in [0.25, 0.3) is 10.9 Å². The zero-order valence-corrected chi connectivity index (χ0v) is 28.5. The number of halogens is 1. The summed E-state index contributed by atoms with van der Waals surface area (Å²) >= 11 is 6.58. The molecule has 4 aliphatic rings. The highest BCUT2D eigenvalue weighted by Gasteiger charge is 2.61. The van der Waals surface area contributed by atoms with Gasteiger partial charge in [0, 0.05) is 36.3 Å². The molecule has 264 valence electrons. The van der Waals surface area contributed by atoms with E-state index < -0.39 is 41.7 Å². The monoisotopic (exact) mass is 698 g/mol. The lowest BCUT2D eigenvalue weighted by atomic mass is 10.0. The molecule has 3 fully saturated rings. The van der Waals surface area contributed by atoms with E-state index in [0.29, 0.717) is 35.2 Å². The molecule has 5 atom stereocenters. The van der Waals surface area contributed by atoms with Gasteiger partial charge in [0.05, 0.1) is 20.8 Å². The summed E-state index contributed by atoms with van der Waals surface area (Å²) in [4.78, 5) is 59.1. The van der Waals surface area contributed by atoms with Crippen molar-refractivity contribution in [3.05, 3.63) is 35.4 Å². The first-order valence-corrected chi connectivity index (χ1v) is 17.4. The number of rotatable bonds is 7. The number of carboxylic acids is 1. The standard InChI is InChI=1S/C35H43ClN4O9/c1-46-26-14-13-24-27(17-28(47-2)38-31(24)30(26)36)48-23-16-25-32(42)39-35(33(43)44)18-20(35)9-5-3-4-6-10-21(15-29(41)40(25)19-23)37-34(45)49-22-11-7-8-12-22/h5,9,13-14,17,20-23,25H,3-4,6-8,10-12,15-16,18-19H2,1-2H3,(H,37,45)(H,39,42)(H,43,44)/b9-5-/t20-,21+,23-,25+,35-/m1/s1. The predicted octanol–water partition coefficient (Wildman–Crippen LogP) is 4.77. The maximum absolute atomic E-state index is 14.1. The quantitative estimate of drug-likeness (QED) is 0.343. The van der Waals surface area contributed by atoms with Crippen molar-refractivity contribution < 1.29 is 43.2 Å². The van der Waals surface area contributed by atoms with Gasteiger partial charge < -0.3 is 39.6 Å². The minimum absolute atomic E-state index is 0.0512. The largest absolute Gasteiger partial charge is 0.495 e. The second-order valence-corrected chi connectivity index (χ2v) is 13.7. The fourth-order valence-electron chi connectivity index (χ4n) is 7.22. The first-order valence-electron chi connectivity index (χ1n) is 17.0. The van der Waals surface area contributed by atoms with Crippen LogP contribution in [0, 0.1) is 5.92 Å². The zero-order chi connectivity index (χ0) is 34.7. The number of carbonyl (C=O) groups excluding carboxylic acids is 3. The molecule has 3 heterocycles. The normalized spacial score (nSPS) is 28.3. The number of benzene rings is 1. The number of carboxylic acid groups (broad SMARTS) is 1. The van der Waals surface area contributed by atoms with Crippen molar-refractivity contribution >= 4 is 46.4 Å². The zero-order valence-electron chi connectivity index (χ0n) is 27.7. The van der Waals surface area contributed by atoms with Crippen molar-refractivity contribution in [2.24, 2.45) is 5.92 Å².